The number of fused-ring (bicyclic) bond motifs is 4. The lowest BCUT2D eigenvalue weighted by Crippen LogP contribution is -2.50. The van der Waals surface area contributed by atoms with Crippen LogP contribution in [0.2, 0.25) is 0 Å². The zero-order chi connectivity index (χ0) is 56.0. The molecule has 0 spiro atoms. The lowest BCUT2D eigenvalue weighted by Gasteiger charge is -2.21. The number of carbonyl (C=O) groups is 11. The van der Waals surface area contributed by atoms with Gasteiger partial charge in [0.2, 0.25) is 35.4 Å². The largest absolute Gasteiger partial charge is 0.508 e. The van der Waals surface area contributed by atoms with Crippen molar-refractivity contribution in [1.29, 1.82) is 0 Å². The summed E-state index contributed by atoms with van der Waals surface area (Å²) in [5, 5.41) is 43.3. The highest BCUT2D eigenvalue weighted by atomic mass is 32.1. The maximum atomic E-state index is 14.0. The Hall–Kier alpha value is -7.93. The minimum Gasteiger partial charge on any atom is -0.508 e. The predicted octanol–water partition coefficient (Wildman–Crippen LogP) is 2.12. The third-order valence-corrected chi connectivity index (χ3v) is 14.0. The van der Waals surface area contributed by atoms with Gasteiger partial charge in [-0.15, -0.1) is 11.3 Å². The van der Waals surface area contributed by atoms with Crippen LogP contribution >= 0.6 is 22.7 Å². The van der Waals surface area contributed by atoms with Gasteiger partial charge in [-0.25, -0.2) is 9.97 Å². The number of nitrogens with zero attached hydrogens (tertiary/aromatic N) is 2. The molecule has 0 fully saturated rings. The maximum Gasteiger partial charge on any atom is 0.242 e. The highest BCUT2D eigenvalue weighted by Crippen LogP contribution is 2.27. The Morgan fingerprint density at radius 2 is 1.48 bits per heavy atom. The van der Waals surface area contributed by atoms with E-state index in [0.29, 0.717) is 62.5 Å². The van der Waals surface area contributed by atoms with Crippen molar-refractivity contribution in [1.82, 2.24) is 41.9 Å². The van der Waals surface area contributed by atoms with Crippen LogP contribution in [-0.4, -0.2) is 135 Å². The minimum absolute atomic E-state index is 0.0352. The number of hydrogen-bond donors (Lipinski definition) is 10. The number of amides is 6. The molecule has 5 rings (SSSR count). The van der Waals surface area contributed by atoms with Crippen molar-refractivity contribution >= 4 is 97.8 Å². The fourth-order valence-electron chi connectivity index (χ4n) is 7.77. The summed E-state index contributed by atoms with van der Waals surface area (Å²) in [4.78, 5) is 152. The molecule has 2 aromatic carbocycles. The first kappa shape index (κ1) is 59.9. The van der Waals surface area contributed by atoms with E-state index in [4.69, 9.17) is 0 Å². The quantitative estimate of drug-likeness (QED) is 0.0398. The van der Waals surface area contributed by atoms with E-state index in [0.717, 1.165) is 0 Å². The Labute approximate surface area is 451 Å². The Kier molecular flexibility index (Phi) is 23.3. The summed E-state index contributed by atoms with van der Waals surface area (Å²) in [7, 11) is 0. The lowest BCUT2D eigenvalue weighted by molar-refractivity contribution is -0.132. The number of aromatic nitrogens is 2. The number of hydrogen-bond acceptors (Lipinski definition) is 19. The first-order valence-corrected chi connectivity index (χ1v) is 26.7. The molecule has 4 aromatic rings. The van der Waals surface area contributed by atoms with Crippen LogP contribution in [0.25, 0.3) is 0 Å². The topological polar surface area (TPSA) is 350 Å². The van der Waals surface area contributed by atoms with Gasteiger partial charge in [0.05, 0.1) is 41.8 Å². The van der Waals surface area contributed by atoms with E-state index in [1.54, 1.807) is 30.5 Å². The molecule has 3 heterocycles. The van der Waals surface area contributed by atoms with Crippen molar-refractivity contribution in [3.63, 3.8) is 0 Å². The number of Topliss-reactive ketones (excluding diaryl/α,β-unsaturated/α-hetero) is 4. The van der Waals surface area contributed by atoms with Crippen LogP contribution in [0.1, 0.15) is 110 Å². The van der Waals surface area contributed by atoms with Gasteiger partial charge < -0.3 is 52.7 Å². The van der Waals surface area contributed by atoms with Gasteiger partial charge in [-0.2, -0.15) is 0 Å². The van der Waals surface area contributed by atoms with Crippen LogP contribution < -0.4 is 42.5 Å². The summed E-state index contributed by atoms with van der Waals surface area (Å²) in [5.74, 6) is -5.55. The SMILES string of the molecule is C[C@H](NC(=O)CCC(=O)[C@H](Cc1ccc(O)cc1)NC(=O)CCC(=O)[C@@H]1Cc2ccc(O)c(c2)Cc2cnc(s2)NCC(=O)N[C@@H](C)C(=O)N[C@@H](C)C(=O)CCC(=O)N1)C(=O)CCC(=O)NCCCNc1ncc(C=O)s1. The second-order valence-electron chi connectivity index (χ2n) is 18.4. The van der Waals surface area contributed by atoms with E-state index in [1.165, 1.54) is 67.8 Å². The molecule has 77 heavy (non-hydrogen) atoms. The molecule has 23 nitrogen and oxygen atoms in total. The number of thiazole rings is 2. The van der Waals surface area contributed by atoms with E-state index < -0.39 is 95.7 Å². The first-order valence-electron chi connectivity index (χ1n) is 25.0. The van der Waals surface area contributed by atoms with Gasteiger partial charge in [0.15, 0.2) is 39.7 Å². The number of benzene rings is 2. The number of nitrogens with one attached hydrogen (secondary N) is 8. The highest BCUT2D eigenvalue weighted by Gasteiger charge is 2.28. The van der Waals surface area contributed by atoms with Crippen LogP contribution in [0, 0.1) is 0 Å². The number of aromatic hydroxyl groups is 2. The maximum absolute atomic E-state index is 14.0. The molecule has 25 heteroatoms. The van der Waals surface area contributed by atoms with Gasteiger partial charge in [-0.1, -0.05) is 35.6 Å². The molecule has 1 aliphatic rings. The number of carbonyl (C=O) groups excluding carboxylic acids is 11. The standard InChI is InChI=1S/C52H64N10O13S2/c1-29(40(65)11-15-45(70)53-19-4-20-54-51-56-26-37(28-63)77-51)58-46(71)17-13-43(68)38(22-32-5-8-35(64)9-6-32)61-48(73)18-14-44(69)39-23-33-7-10-42(67)34(21-33)24-36-25-55-52(76-36)57-27-49(74)59-31(3)50(75)60-30(2)41(66)12-16-47(72)62-39/h5-10,21,25-26,28-31,38-39,64,67H,4,11-20,22-24,27H2,1-3H3,(H,53,70)(H,54,56)(H,55,57)(H,58,71)(H,59,74)(H,60,75)(H,61,73)(H,62,72)/t29-,30-,31-,38-,39-/m0/s1. The van der Waals surface area contributed by atoms with Crippen LogP contribution in [0.5, 0.6) is 11.5 Å². The van der Waals surface area contributed by atoms with Gasteiger partial charge in [-0.3, -0.25) is 52.7 Å². The van der Waals surface area contributed by atoms with Crippen LogP contribution in [0.4, 0.5) is 10.3 Å². The minimum atomic E-state index is -1.21. The molecule has 6 amide bonds. The van der Waals surface area contributed by atoms with Gasteiger partial charge in [0, 0.05) is 82.0 Å². The number of aldehydes is 1. The van der Waals surface area contributed by atoms with Crippen molar-refractivity contribution < 1.29 is 63.0 Å². The Bertz CT molecular complexity index is 2780. The summed E-state index contributed by atoms with van der Waals surface area (Å²) >= 11 is 2.43. The van der Waals surface area contributed by atoms with Crippen molar-refractivity contribution in [2.75, 3.05) is 30.3 Å². The van der Waals surface area contributed by atoms with Gasteiger partial charge in [0.1, 0.15) is 17.5 Å². The fraction of sp³-hybridized carbons (Fsp3) is 0.442. The van der Waals surface area contributed by atoms with E-state index in [-0.39, 0.29) is 81.7 Å². The van der Waals surface area contributed by atoms with Gasteiger partial charge >= 0.3 is 0 Å². The molecule has 412 valence electrons. The zero-order valence-corrected chi connectivity index (χ0v) is 44.5. The van der Waals surface area contributed by atoms with Gasteiger partial charge in [0.25, 0.3) is 0 Å². The van der Waals surface area contributed by atoms with Crippen molar-refractivity contribution in [3.8, 4) is 11.5 Å². The normalized spacial score (nSPS) is 17.3. The van der Waals surface area contributed by atoms with E-state index in [9.17, 15) is 63.0 Å². The molecule has 0 unspecified atom stereocenters. The third kappa shape index (κ3) is 20.6. The van der Waals surface area contributed by atoms with E-state index in [2.05, 4.69) is 52.5 Å². The molecule has 0 radical (unpaired) electrons. The second-order valence-corrected chi connectivity index (χ2v) is 20.6. The second kappa shape index (κ2) is 30.0. The van der Waals surface area contributed by atoms with Crippen molar-refractivity contribution in [3.05, 3.63) is 81.3 Å². The molecule has 0 saturated heterocycles. The number of anilines is 2. The number of phenols is 2. The molecule has 4 bridgehead atoms. The fourth-order valence-corrected chi connectivity index (χ4v) is 9.26. The molecular formula is C52H64N10O13S2. The van der Waals surface area contributed by atoms with Crippen LogP contribution in [0.15, 0.2) is 54.9 Å². The zero-order valence-electron chi connectivity index (χ0n) is 42.9. The number of rotatable bonds is 22. The van der Waals surface area contributed by atoms with Gasteiger partial charge in [-0.05, 0) is 74.9 Å². The molecule has 0 saturated carbocycles. The van der Waals surface area contributed by atoms with E-state index in [1.807, 2.05) is 0 Å². The lowest BCUT2D eigenvalue weighted by atomic mass is 9.96. The highest BCUT2D eigenvalue weighted by molar-refractivity contribution is 7.17. The summed E-state index contributed by atoms with van der Waals surface area (Å²) in [6.45, 7) is 4.97. The monoisotopic (exact) mass is 1100 g/mol. The summed E-state index contributed by atoms with van der Waals surface area (Å²) < 4.78 is 0. The first-order chi connectivity index (χ1) is 36.7. The smallest absolute Gasteiger partial charge is 0.242 e. The van der Waals surface area contributed by atoms with E-state index >= 15 is 0 Å². The average Bonchev–Trinajstić information content (AvgIpc) is 4.07. The molecular weight excluding hydrogens is 1040 g/mol. The summed E-state index contributed by atoms with van der Waals surface area (Å²) in [5.41, 5.74) is 1.57. The van der Waals surface area contributed by atoms with Crippen molar-refractivity contribution in [2.24, 2.45) is 0 Å². The number of phenolic OH excluding ortho intramolecular Hbond substituents is 2. The molecule has 1 aliphatic heterocycles. The molecule has 2 aromatic heterocycles. The predicted molar refractivity (Wildman–Crippen MR) is 284 cm³/mol. The average molecular weight is 1100 g/mol. The summed E-state index contributed by atoms with van der Waals surface area (Å²) in [6, 6.07) is 5.21. The molecule has 10 N–H and O–H groups in total. The Balaban J connectivity index is 1.18. The molecule has 5 atom stereocenters. The number of ketones is 4. The Morgan fingerprint density at radius 3 is 2.22 bits per heavy atom. The molecule has 0 aliphatic carbocycles. The van der Waals surface area contributed by atoms with Crippen molar-refractivity contribution in [2.45, 2.75) is 128 Å². The van der Waals surface area contributed by atoms with Crippen LogP contribution in [0.3, 0.4) is 0 Å². The third-order valence-electron chi connectivity index (χ3n) is 12.2. The summed E-state index contributed by atoms with van der Waals surface area (Å²) in [6.07, 6.45) is 1.95. The Morgan fingerprint density at radius 1 is 0.766 bits per heavy atom. The van der Waals surface area contributed by atoms with Crippen LogP contribution in [-0.2, 0) is 67.2 Å².